The van der Waals surface area contributed by atoms with Gasteiger partial charge in [-0.15, -0.1) is 0 Å². The Morgan fingerprint density at radius 1 is 1.15 bits per heavy atom. The summed E-state index contributed by atoms with van der Waals surface area (Å²) < 4.78 is 6.50. The Kier molecular flexibility index (Phi) is 5.47. The summed E-state index contributed by atoms with van der Waals surface area (Å²) in [6, 6.07) is 18.0. The average molecular weight is 361 g/mol. The van der Waals surface area contributed by atoms with Crippen LogP contribution < -0.4 is 10.7 Å². The predicted molar refractivity (Wildman–Crippen MR) is 105 cm³/mol. The quantitative estimate of drug-likeness (QED) is 0.749. The van der Waals surface area contributed by atoms with Crippen molar-refractivity contribution < 1.29 is 9.53 Å². The summed E-state index contributed by atoms with van der Waals surface area (Å²) in [4.78, 5) is 23.9. The highest BCUT2D eigenvalue weighted by Gasteiger charge is 2.11. The van der Waals surface area contributed by atoms with Crippen molar-refractivity contribution in [2.75, 3.05) is 11.9 Å². The molecule has 136 valence electrons. The Balaban J connectivity index is 1.92. The molecule has 0 saturated carbocycles. The Hall–Kier alpha value is -3.67. The van der Waals surface area contributed by atoms with Crippen LogP contribution in [0.3, 0.4) is 0 Å². The van der Waals surface area contributed by atoms with Crippen LogP contribution in [0.5, 0.6) is 0 Å². The molecule has 0 aliphatic heterocycles. The molecule has 1 heterocycles. The second-order valence-corrected chi connectivity index (χ2v) is 5.71. The molecule has 0 aliphatic carbocycles. The third kappa shape index (κ3) is 4.30. The first kappa shape index (κ1) is 18.1. The molecule has 3 rings (SSSR count). The van der Waals surface area contributed by atoms with Gasteiger partial charge in [0.25, 0.3) is 0 Å². The van der Waals surface area contributed by atoms with Crippen molar-refractivity contribution in [3.05, 3.63) is 94.9 Å². The van der Waals surface area contributed by atoms with E-state index < -0.39 is 6.09 Å². The van der Waals surface area contributed by atoms with Gasteiger partial charge in [-0.05, 0) is 36.8 Å². The van der Waals surface area contributed by atoms with Crippen molar-refractivity contribution in [1.29, 1.82) is 0 Å². The van der Waals surface area contributed by atoms with Crippen molar-refractivity contribution in [1.82, 2.24) is 9.78 Å². The van der Waals surface area contributed by atoms with Crippen LogP contribution in [-0.4, -0.2) is 22.5 Å². The Morgan fingerprint density at radius 2 is 1.93 bits per heavy atom. The van der Waals surface area contributed by atoms with E-state index in [1.807, 2.05) is 30.3 Å². The second kappa shape index (κ2) is 8.14. The Bertz CT molecular complexity index is 1030. The fraction of sp³-hybridized carbons (Fsp3) is 0.0952. The van der Waals surface area contributed by atoms with Crippen LogP contribution in [-0.2, 0) is 4.74 Å². The van der Waals surface area contributed by atoms with Gasteiger partial charge in [0.15, 0.2) is 0 Å². The van der Waals surface area contributed by atoms with Crippen LogP contribution in [0.4, 0.5) is 10.5 Å². The van der Waals surface area contributed by atoms with Crippen molar-refractivity contribution in [3.63, 3.8) is 0 Å². The molecule has 0 unspecified atom stereocenters. The summed E-state index contributed by atoms with van der Waals surface area (Å²) in [6.07, 6.45) is 1.08. The highest BCUT2D eigenvalue weighted by molar-refractivity contribution is 5.86. The van der Waals surface area contributed by atoms with Crippen molar-refractivity contribution in [3.8, 4) is 5.69 Å². The third-order valence-electron chi connectivity index (χ3n) is 3.85. The van der Waals surface area contributed by atoms with Gasteiger partial charge in [-0.25, -0.2) is 9.48 Å². The summed E-state index contributed by atoms with van der Waals surface area (Å²) >= 11 is 0. The summed E-state index contributed by atoms with van der Waals surface area (Å²) in [5.41, 5.74) is 2.55. The largest absolute Gasteiger partial charge is 0.450 e. The molecule has 6 nitrogen and oxygen atoms in total. The first-order chi connectivity index (χ1) is 13.1. The van der Waals surface area contributed by atoms with Crippen LogP contribution in [0.15, 0.2) is 78.2 Å². The smallest absolute Gasteiger partial charge is 0.411 e. The van der Waals surface area contributed by atoms with Gasteiger partial charge in [0.1, 0.15) is 5.69 Å². The minimum atomic E-state index is -0.537. The zero-order chi connectivity index (χ0) is 19.2. The lowest BCUT2D eigenvalue weighted by Crippen LogP contribution is -2.16. The predicted octanol–water partition coefficient (Wildman–Crippen LogP) is 3.86. The molecule has 0 saturated heterocycles. The van der Waals surface area contributed by atoms with Gasteiger partial charge >= 0.3 is 6.09 Å². The van der Waals surface area contributed by atoms with Gasteiger partial charge in [0, 0.05) is 23.5 Å². The van der Waals surface area contributed by atoms with E-state index in [1.165, 1.54) is 6.07 Å². The van der Waals surface area contributed by atoms with E-state index in [-0.39, 0.29) is 17.7 Å². The maximum atomic E-state index is 12.3. The van der Waals surface area contributed by atoms with Crippen LogP contribution in [0, 0.1) is 0 Å². The normalized spacial score (nSPS) is 10.3. The molecule has 0 radical (unpaired) electrons. The molecule has 0 atom stereocenters. The van der Waals surface area contributed by atoms with Crippen molar-refractivity contribution in [2.45, 2.75) is 6.92 Å². The number of carbonyl (C=O) groups is 1. The molecule has 1 aromatic heterocycles. The standard InChI is InChI=1S/C21H19N3O3/c1-3-27-21(26)22-17-9-7-8-16(14-17)15(2)20-19(25)12-13-24(23-20)18-10-5-4-6-11-18/h4-14H,2-3H2,1H3,(H,22,26). The molecule has 6 heteroatoms. The molecule has 2 aromatic carbocycles. The van der Waals surface area contributed by atoms with Crippen molar-refractivity contribution in [2.24, 2.45) is 0 Å². The maximum Gasteiger partial charge on any atom is 0.411 e. The van der Waals surface area contributed by atoms with Gasteiger partial charge in [-0.1, -0.05) is 36.9 Å². The van der Waals surface area contributed by atoms with Gasteiger partial charge in [-0.2, -0.15) is 5.10 Å². The molecule has 0 bridgehead atoms. The highest BCUT2D eigenvalue weighted by atomic mass is 16.5. The van der Waals surface area contributed by atoms with Gasteiger partial charge < -0.3 is 4.74 Å². The molecule has 1 amide bonds. The number of hydrogen-bond acceptors (Lipinski definition) is 4. The average Bonchev–Trinajstić information content (AvgIpc) is 2.69. The number of anilines is 1. The van der Waals surface area contributed by atoms with Crippen LogP contribution in [0.25, 0.3) is 11.3 Å². The van der Waals surface area contributed by atoms with E-state index in [9.17, 15) is 9.59 Å². The molecule has 1 N–H and O–H groups in total. The lowest BCUT2D eigenvalue weighted by Gasteiger charge is -2.11. The molecule has 0 aliphatic rings. The second-order valence-electron chi connectivity index (χ2n) is 5.71. The number of nitrogens with zero attached hydrogens (tertiary/aromatic N) is 2. The first-order valence-electron chi connectivity index (χ1n) is 8.47. The van der Waals surface area contributed by atoms with Gasteiger partial charge in [-0.3, -0.25) is 10.1 Å². The summed E-state index contributed by atoms with van der Waals surface area (Å²) in [6.45, 7) is 6.04. The lowest BCUT2D eigenvalue weighted by atomic mass is 10.0. The summed E-state index contributed by atoms with van der Waals surface area (Å²) in [5, 5.41) is 7.07. The molecule has 0 spiro atoms. The third-order valence-corrected chi connectivity index (χ3v) is 3.85. The summed E-state index contributed by atoms with van der Waals surface area (Å²) in [7, 11) is 0. The number of aromatic nitrogens is 2. The van der Waals surface area contributed by atoms with Crippen LogP contribution >= 0.6 is 0 Å². The van der Waals surface area contributed by atoms with Gasteiger partial charge in [0.05, 0.1) is 12.3 Å². The van der Waals surface area contributed by atoms with E-state index in [0.717, 1.165) is 5.69 Å². The molecule has 3 aromatic rings. The van der Waals surface area contributed by atoms with E-state index in [4.69, 9.17) is 4.74 Å². The first-order valence-corrected chi connectivity index (χ1v) is 8.47. The van der Waals surface area contributed by atoms with Crippen molar-refractivity contribution >= 4 is 17.4 Å². The lowest BCUT2D eigenvalue weighted by molar-refractivity contribution is 0.168. The van der Waals surface area contributed by atoms with E-state index >= 15 is 0 Å². The Morgan fingerprint density at radius 3 is 2.67 bits per heavy atom. The zero-order valence-electron chi connectivity index (χ0n) is 14.9. The number of rotatable bonds is 5. The monoisotopic (exact) mass is 361 g/mol. The van der Waals surface area contributed by atoms with E-state index in [0.29, 0.717) is 16.8 Å². The minimum absolute atomic E-state index is 0.226. The Labute approximate surface area is 156 Å². The molecular formula is C21H19N3O3. The number of amides is 1. The highest BCUT2D eigenvalue weighted by Crippen LogP contribution is 2.21. The topological polar surface area (TPSA) is 73.2 Å². The van der Waals surface area contributed by atoms with Crippen LogP contribution in [0.2, 0.25) is 0 Å². The number of para-hydroxylation sites is 1. The van der Waals surface area contributed by atoms with E-state index in [1.54, 1.807) is 42.1 Å². The minimum Gasteiger partial charge on any atom is -0.450 e. The number of benzene rings is 2. The fourth-order valence-electron chi connectivity index (χ4n) is 2.55. The molecular weight excluding hydrogens is 342 g/mol. The number of nitrogens with one attached hydrogen (secondary N) is 1. The maximum absolute atomic E-state index is 12.3. The SMILES string of the molecule is C=C(c1cccc(NC(=O)OCC)c1)c1nn(-c2ccccc2)ccc1=O. The number of ether oxygens (including phenoxy) is 1. The number of carbonyl (C=O) groups excluding carboxylic acids is 1. The summed E-state index contributed by atoms with van der Waals surface area (Å²) in [5.74, 6) is 0. The molecule has 27 heavy (non-hydrogen) atoms. The number of hydrogen-bond donors (Lipinski definition) is 1. The van der Waals surface area contributed by atoms with E-state index in [2.05, 4.69) is 17.0 Å². The van der Waals surface area contributed by atoms with Crippen LogP contribution in [0.1, 0.15) is 18.2 Å². The van der Waals surface area contributed by atoms with Gasteiger partial charge in [0.2, 0.25) is 5.43 Å². The fourth-order valence-corrected chi connectivity index (χ4v) is 2.55. The zero-order valence-corrected chi connectivity index (χ0v) is 14.9. The molecule has 0 fully saturated rings.